The highest BCUT2D eigenvalue weighted by molar-refractivity contribution is 6.30. The summed E-state index contributed by atoms with van der Waals surface area (Å²) in [5.74, 6) is -1.30. The number of para-hydroxylation sites is 2. The van der Waals surface area contributed by atoms with Gasteiger partial charge in [0, 0.05) is 10.7 Å². The zero-order valence-electron chi connectivity index (χ0n) is 15.1. The average Bonchev–Trinajstić information content (AvgIpc) is 3.23. The number of hydrogen-bond donors (Lipinski definition) is 2. The number of carbonyl (C=O) groups is 3. The van der Waals surface area contributed by atoms with Gasteiger partial charge in [-0.2, -0.15) is 0 Å². The van der Waals surface area contributed by atoms with Gasteiger partial charge in [0.05, 0.1) is 24.1 Å². The molecular weight excluding hydrogens is 394 g/mol. The Morgan fingerprint density at radius 1 is 1.10 bits per heavy atom. The Morgan fingerprint density at radius 2 is 1.93 bits per heavy atom. The molecule has 2 N–H and O–H groups in total. The molecule has 0 radical (unpaired) electrons. The summed E-state index contributed by atoms with van der Waals surface area (Å²) in [4.78, 5) is 39.7. The minimum atomic E-state index is -1.04. The van der Waals surface area contributed by atoms with Crippen molar-refractivity contribution in [1.82, 2.24) is 0 Å². The van der Waals surface area contributed by atoms with E-state index in [2.05, 4.69) is 10.6 Å². The third-order valence-electron chi connectivity index (χ3n) is 4.47. The smallest absolute Gasteiger partial charge is 0.294 e. The fourth-order valence-electron chi connectivity index (χ4n) is 3.20. The van der Waals surface area contributed by atoms with Gasteiger partial charge >= 0.3 is 0 Å². The predicted octanol–water partition coefficient (Wildman–Crippen LogP) is 3.93. The summed E-state index contributed by atoms with van der Waals surface area (Å²) in [7, 11) is 0. The predicted molar refractivity (Wildman–Crippen MR) is 109 cm³/mol. The third-order valence-corrected chi connectivity index (χ3v) is 4.71. The molecule has 0 aliphatic carbocycles. The van der Waals surface area contributed by atoms with E-state index in [1.54, 1.807) is 54.6 Å². The molecular formula is C21H16ClN3O4. The third kappa shape index (κ3) is 3.86. The number of fused-ring (bicyclic) bond motifs is 1. The van der Waals surface area contributed by atoms with Crippen LogP contribution < -0.4 is 15.5 Å². The van der Waals surface area contributed by atoms with Crippen LogP contribution in [-0.4, -0.2) is 23.8 Å². The number of benzene rings is 2. The van der Waals surface area contributed by atoms with Crippen molar-refractivity contribution in [2.45, 2.75) is 12.5 Å². The van der Waals surface area contributed by atoms with Gasteiger partial charge in [-0.1, -0.05) is 29.8 Å². The molecule has 29 heavy (non-hydrogen) atoms. The Kier molecular flexibility index (Phi) is 5.05. The molecule has 0 fully saturated rings. The van der Waals surface area contributed by atoms with Gasteiger partial charge in [-0.3, -0.25) is 19.3 Å². The maximum Gasteiger partial charge on any atom is 0.294 e. The van der Waals surface area contributed by atoms with Gasteiger partial charge in [0.2, 0.25) is 11.8 Å². The fraction of sp³-hybridized carbons (Fsp3) is 0.0952. The number of hydrogen-bond acceptors (Lipinski definition) is 4. The second-order valence-corrected chi connectivity index (χ2v) is 6.87. The van der Waals surface area contributed by atoms with Crippen LogP contribution in [0.15, 0.2) is 71.3 Å². The molecule has 0 spiro atoms. The largest absolute Gasteiger partial charge is 0.459 e. The van der Waals surface area contributed by atoms with Crippen LogP contribution in [0.1, 0.15) is 17.0 Å². The molecule has 1 aliphatic heterocycles. The fourth-order valence-corrected chi connectivity index (χ4v) is 3.39. The molecule has 3 amide bonds. The second kappa shape index (κ2) is 7.81. The molecule has 0 bridgehead atoms. The van der Waals surface area contributed by atoms with Crippen LogP contribution in [0.25, 0.3) is 0 Å². The van der Waals surface area contributed by atoms with Crippen LogP contribution in [0.3, 0.4) is 0 Å². The zero-order chi connectivity index (χ0) is 20.4. The summed E-state index contributed by atoms with van der Waals surface area (Å²) in [5.41, 5.74) is 1.49. The van der Waals surface area contributed by atoms with E-state index in [9.17, 15) is 14.4 Å². The molecule has 2 heterocycles. The van der Waals surface area contributed by atoms with Crippen molar-refractivity contribution in [3.63, 3.8) is 0 Å². The minimum absolute atomic E-state index is 0.0785. The maximum atomic E-state index is 13.1. The Balaban J connectivity index is 1.63. The normalized spacial score (nSPS) is 15.4. The Labute approximate surface area is 171 Å². The van der Waals surface area contributed by atoms with E-state index in [1.165, 1.54) is 17.2 Å². The van der Waals surface area contributed by atoms with Crippen molar-refractivity contribution in [1.29, 1.82) is 0 Å². The lowest BCUT2D eigenvalue weighted by molar-refractivity contribution is -0.122. The summed E-state index contributed by atoms with van der Waals surface area (Å²) in [5, 5.41) is 5.93. The molecule has 7 nitrogen and oxygen atoms in total. The van der Waals surface area contributed by atoms with E-state index in [0.717, 1.165) is 0 Å². The Morgan fingerprint density at radius 3 is 2.69 bits per heavy atom. The van der Waals surface area contributed by atoms with Gasteiger partial charge in [0.15, 0.2) is 5.76 Å². The number of halogens is 1. The number of rotatable bonds is 4. The first-order chi connectivity index (χ1) is 14.0. The van der Waals surface area contributed by atoms with Crippen LogP contribution in [0, 0.1) is 0 Å². The molecule has 2 aromatic carbocycles. The highest BCUT2D eigenvalue weighted by atomic mass is 35.5. The van der Waals surface area contributed by atoms with Crippen LogP contribution >= 0.6 is 11.6 Å². The monoisotopic (exact) mass is 409 g/mol. The van der Waals surface area contributed by atoms with Crippen molar-refractivity contribution in [3.8, 4) is 0 Å². The lowest BCUT2D eigenvalue weighted by Crippen LogP contribution is -2.52. The molecule has 0 saturated carbocycles. The van der Waals surface area contributed by atoms with Crippen molar-refractivity contribution >= 4 is 46.4 Å². The van der Waals surface area contributed by atoms with E-state index in [4.69, 9.17) is 16.0 Å². The van der Waals surface area contributed by atoms with Crippen molar-refractivity contribution in [2.24, 2.45) is 0 Å². The summed E-state index contributed by atoms with van der Waals surface area (Å²) in [6.07, 6.45) is 1.14. The standard InChI is InChI=1S/C21H16ClN3O4/c22-13-5-3-6-14(11-13)23-19(26)12-17-20(27)24-15-7-1-2-8-16(15)25(17)21(28)18-9-4-10-29-18/h1-11,17H,12H2,(H,23,26)(H,24,27)/t17-/m0/s1. The lowest BCUT2D eigenvalue weighted by Gasteiger charge is -2.35. The highest BCUT2D eigenvalue weighted by Crippen LogP contribution is 2.34. The van der Waals surface area contributed by atoms with Gasteiger partial charge in [0.25, 0.3) is 5.91 Å². The quantitative estimate of drug-likeness (QED) is 0.683. The van der Waals surface area contributed by atoms with E-state index in [0.29, 0.717) is 22.1 Å². The van der Waals surface area contributed by atoms with Crippen molar-refractivity contribution < 1.29 is 18.8 Å². The molecule has 146 valence electrons. The molecule has 4 rings (SSSR count). The summed E-state index contributed by atoms with van der Waals surface area (Å²) < 4.78 is 5.22. The van der Waals surface area contributed by atoms with Gasteiger partial charge in [-0.15, -0.1) is 0 Å². The SMILES string of the molecule is O=C(C[C@H]1C(=O)Nc2ccccc2N1C(=O)c1ccco1)Nc1cccc(Cl)c1. The number of nitrogens with zero attached hydrogens (tertiary/aromatic N) is 1. The maximum absolute atomic E-state index is 13.1. The average molecular weight is 410 g/mol. The van der Waals surface area contributed by atoms with Crippen LogP contribution in [0.2, 0.25) is 5.02 Å². The summed E-state index contributed by atoms with van der Waals surface area (Å²) >= 11 is 5.94. The van der Waals surface area contributed by atoms with E-state index < -0.39 is 23.8 Å². The topological polar surface area (TPSA) is 91.7 Å². The van der Waals surface area contributed by atoms with Crippen LogP contribution in [0.4, 0.5) is 17.1 Å². The van der Waals surface area contributed by atoms with Gasteiger partial charge < -0.3 is 15.1 Å². The molecule has 0 unspecified atom stereocenters. The number of amides is 3. The van der Waals surface area contributed by atoms with Crippen molar-refractivity contribution in [3.05, 3.63) is 77.7 Å². The lowest BCUT2D eigenvalue weighted by atomic mass is 10.0. The molecule has 0 saturated heterocycles. The number of anilines is 3. The zero-order valence-corrected chi connectivity index (χ0v) is 15.8. The first-order valence-electron chi connectivity index (χ1n) is 8.85. The number of nitrogens with one attached hydrogen (secondary N) is 2. The number of furan rings is 1. The Bertz CT molecular complexity index is 1080. The van der Waals surface area contributed by atoms with E-state index in [-0.39, 0.29) is 12.2 Å². The molecule has 1 aromatic heterocycles. The first kappa shape index (κ1) is 18.8. The Hall–Kier alpha value is -3.58. The van der Waals surface area contributed by atoms with E-state index in [1.807, 2.05) is 0 Å². The van der Waals surface area contributed by atoms with Gasteiger partial charge in [-0.25, -0.2) is 0 Å². The highest BCUT2D eigenvalue weighted by Gasteiger charge is 2.39. The van der Waals surface area contributed by atoms with Gasteiger partial charge in [0.1, 0.15) is 6.04 Å². The molecule has 1 aliphatic rings. The summed E-state index contributed by atoms with van der Waals surface area (Å²) in [6, 6.07) is 15.6. The number of carbonyl (C=O) groups excluding carboxylic acids is 3. The van der Waals surface area contributed by atoms with Crippen LogP contribution in [0.5, 0.6) is 0 Å². The molecule has 3 aromatic rings. The molecule has 8 heteroatoms. The molecule has 1 atom stereocenters. The minimum Gasteiger partial charge on any atom is -0.459 e. The second-order valence-electron chi connectivity index (χ2n) is 6.44. The first-order valence-corrected chi connectivity index (χ1v) is 9.23. The summed E-state index contributed by atoms with van der Waals surface area (Å²) in [6.45, 7) is 0. The van der Waals surface area contributed by atoms with Crippen molar-refractivity contribution in [2.75, 3.05) is 15.5 Å². The van der Waals surface area contributed by atoms with E-state index >= 15 is 0 Å². The van der Waals surface area contributed by atoms with Crippen LogP contribution in [-0.2, 0) is 9.59 Å². The van der Waals surface area contributed by atoms with Gasteiger partial charge in [-0.05, 0) is 42.5 Å².